The molecule has 0 bridgehead atoms. The van der Waals surface area contributed by atoms with Crippen molar-refractivity contribution in [2.75, 3.05) is 26.2 Å². The van der Waals surface area contributed by atoms with Gasteiger partial charge in [-0.25, -0.2) is 4.99 Å². The summed E-state index contributed by atoms with van der Waals surface area (Å²) in [7, 11) is 0. The second-order valence-corrected chi connectivity index (χ2v) is 15.8. The Balaban J connectivity index is 1.19. The normalized spacial score (nSPS) is 20.9. The van der Waals surface area contributed by atoms with Gasteiger partial charge in [0.2, 0.25) is 0 Å². The van der Waals surface area contributed by atoms with Crippen LogP contribution in [0.15, 0.2) is 110 Å². The molecule has 3 N–H and O–H groups in total. The topological polar surface area (TPSA) is 108 Å². The Hall–Kier alpha value is -6.07. The van der Waals surface area contributed by atoms with E-state index in [1.165, 1.54) is 38.2 Å². The molecular formula is C48H46N10. The lowest BCUT2D eigenvalue weighted by atomic mass is 9.96. The summed E-state index contributed by atoms with van der Waals surface area (Å²) in [5.41, 5.74) is 13.8. The first-order chi connectivity index (χ1) is 28.6. The maximum Gasteiger partial charge on any atom is 0.154 e. The zero-order valence-electron chi connectivity index (χ0n) is 32.9. The number of aromatic nitrogens is 2. The number of benzene rings is 5. The van der Waals surface area contributed by atoms with Gasteiger partial charge in [-0.2, -0.15) is 0 Å². The standard InChI is InChI=1S/C48H46N10/c1-29-35(45-49-17-7-18-50-45)25-31(26-36(29)46-51-19-8-20-52-46)57-39-13-5-3-11-33(39)43-41(57)15-16-42-44(43)34-12-4-6-14-40(34)58(42)32-27-37(47-53-21-9-22-54-47)30(2)38(28-32)48-55-23-10-24-56-48/h3-6,11-17,19,21,23,25-28,45-47,50,52,54H,7-10,18,20,22,24H2,1-2H3. The molecule has 0 spiro atoms. The Morgan fingerprint density at radius 2 is 1.00 bits per heavy atom. The predicted molar refractivity (Wildman–Crippen MR) is 241 cm³/mol. The van der Waals surface area contributed by atoms with Gasteiger partial charge >= 0.3 is 0 Å². The largest absolute Gasteiger partial charge is 0.309 e. The van der Waals surface area contributed by atoms with E-state index in [0.717, 1.165) is 108 Å². The van der Waals surface area contributed by atoms with Crippen LogP contribution in [0.2, 0.25) is 0 Å². The second-order valence-electron chi connectivity index (χ2n) is 15.8. The highest BCUT2D eigenvalue weighted by atomic mass is 15.1. The Labute approximate surface area is 337 Å². The van der Waals surface area contributed by atoms with Gasteiger partial charge in [0.25, 0.3) is 0 Å². The molecule has 7 aromatic rings. The molecule has 10 nitrogen and oxygen atoms in total. The molecule has 58 heavy (non-hydrogen) atoms. The van der Waals surface area contributed by atoms with Crippen molar-refractivity contribution < 1.29 is 0 Å². The van der Waals surface area contributed by atoms with Gasteiger partial charge in [-0.3, -0.25) is 35.9 Å². The molecule has 0 saturated carbocycles. The van der Waals surface area contributed by atoms with Gasteiger partial charge in [-0.05, 0) is 109 Å². The average molecular weight is 763 g/mol. The summed E-state index contributed by atoms with van der Waals surface area (Å²) in [6, 6.07) is 31.6. The zero-order valence-corrected chi connectivity index (χ0v) is 32.9. The molecule has 0 radical (unpaired) electrons. The van der Waals surface area contributed by atoms with Crippen LogP contribution < -0.4 is 16.0 Å². The van der Waals surface area contributed by atoms with Crippen molar-refractivity contribution in [2.24, 2.45) is 25.0 Å². The smallest absolute Gasteiger partial charge is 0.154 e. The van der Waals surface area contributed by atoms with E-state index < -0.39 is 0 Å². The zero-order chi connectivity index (χ0) is 38.7. The van der Waals surface area contributed by atoms with E-state index in [-0.39, 0.29) is 18.5 Å². The maximum absolute atomic E-state index is 4.94. The van der Waals surface area contributed by atoms with Crippen LogP contribution in [0.5, 0.6) is 0 Å². The van der Waals surface area contributed by atoms with Crippen molar-refractivity contribution in [2.45, 2.75) is 58.0 Å². The van der Waals surface area contributed by atoms with Gasteiger partial charge in [-0.15, -0.1) is 0 Å². The summed E-state index contributed by atoms with van der Waals surface area (Å²) >= 11 is 0. The van der Waals surface area contributed by atoms with Crippen LogP contribution in [0.25, 0.3) is 55.0 Å². The van der Waals surface area contributed by atoms with Crippen molar-refractivity contribution in [1.29, 1.82) is 0 Å². The van der Waals surface area contributed by atoms with Crippen molar-refractivity contribution in [1.82, 2.24) is 25.1 Å². The van der Waals surface area contributed by atoms with Crippen LogP contribution in [-0.4, -0.2) is 66.0 Å². The quantitative estimate of drug-likeness (QED) is 0.158. The lowest BCUT2D eigenvalue weighted by molar-refractivity contribution is 0.530. The number of amidine groups is 1. The molecule has 4 aliphatic heterocycles. The van der Waals surface area contributed by atoms with E-state index in [4.69, 9.17) is 25.0 Å². The number of rotatable bonds is 6. The SMILES string of the molecule is Cc1c(C2=NCCC=N2)cc(-n2c3ccccc3c3c4c5ccccc5n(-c5cc(C6N=CCCN6)c(C)c(C6N=CCCN6)c5)c4ccc32)cc1C1N=CCCN1. The number of nitrogens with zero attached hydrogens (tertiary/aromatic N) is 7. The van der Waals surface area contributed by atoms with E-state index in [2.05, 4.69) is 136 Å². The van der Waals surface area contributed by atoms with E-state index in [9.17, 15) is 0 Å². The Morgan fingerprint density at radius 3 is 1.47 bits per heavy atom. The molecule has 10 heteroatoms. The molecule has 5 aromatic carbocycles. The third-order valence-corrected chi connectivity index (χ3v) is 12.3. The van der Waals surface area contributed by atoms with E-state index in [0.29, 0.717) is 0 Å². The molecule has 6 heterocycles. The average Bonchev–Trinajstić information content (AvgIpc) is 3.81. The molecule has 0 saturated heterocycles. The summed E-state index contributed by atoms with van der Waals surface area (Å²) in [6.45, 7) is 7.85. The Morgan fingerprint density at radius 1 is 0.517 bits per heavy atom. The number of aliphatic imine (C=N–C) groups is 5. The third kappa shape index (κ3) is 5.69. The molecule has 11 rings (SSSR count). The molecule has 0 aliphatic carbocycles. The van der Waals surface area contributed by atoms with Crippen LogP contribution in [-0.2, 0) is 0 Å². The van der Waals surface area contributed by atoms with Crippen molar-refractivity contribution in [3.63, 3.8) is 0 Å². The molecule has 0 fully saturated rings. The van der Waals surface area contributed by atoms with Gasteiger partial charge in [0.05, 0.1) is 22.1 Å². The highest BCUT2D eigenvalue weighted by Gasteiger charge is 2.27. The number of para-hydroxylation sites is 2. The van der Waals surface area contributed by atoms with Gasteiger partial charge in [0.15, 0.2) is 5.84 Å². The maximum atomic E-state index is 4.94. The van der Waals surface area contributed by atoms with E-state index in [1.54, 1.807) is 0 Å². The molecule has 4 aliphatic rings. The third-order valence-electron chi connectivity index (χ3n) is 12.3. The first-order valence-electron chi connectivity index (χ1n) is 20.7. The van der Waals surface area contributed by atoms with Crippen LogP contribution in [0.4, 0.5) is 0 Å². The number of hydrogen-bond acceptors (Lipinski definition) is 8. The number of fused-ring (bicyclic) bond motifs is 7. The second kappa shape index (κ2) is 14.4. The van der Waals surface area contributed by atoms with E-state index >= 15 is 0 Å². The number of nitrogens with one attached hydrogen (secondary N) is 3. The summed E-state index contributed by atoms with van der Waals surface area (Å²) in [4.78, 5) is 24.5. The Kier molecular flexibility index (Phi) is 8.71. The lowest BCUT2D eigenvalue weighted by Gasteiger charge is -2.26. The minimum absolute atomic E-state index is 0.109. The van der Waals surface area contributed by atoms with Gasteiger partial charge in [-0.1, -0.05) is 36.4 Å². The molecule has 3 atom stereocenters. The molecule has 0 amide bonds. The van der Waals surface area contributed by atoms with E-state index in [1.807, 2.05) is 12.4 Å². The minimum Gasteiger partial charge on any atom is -0.309 e. The Bertz CT molecular complexity index is 2890. The van der Waals surface area contributed by atoms with Crippen LogP contribution in [0, 0.1) is 13.8 Å². The highest BCUT2D eigenvalue weighted by molar-refractivity contribution is 6.29. The van der Waals surface area contributed by atoms with Crippen LogP contribution >= 0.6 is 0 Å². The van der Waals surface area contributed by atoms with Gasteiger partial charge in [0, 0.05) is 95.9 Å². The first kappa shape index (κ1) is 35.1. The molecule has 2 aromatic heterocycles. The molecular weight excluding hydrogens is 717 g/mol. The monoisotopic (exact) mass is 762 g/mol. The number of hydrogen-bond donors (Lipinski definition) is 3. The summed E-state index contributed by atoms with van der Waals surface area (Å²) in [5.74, 6) is 0.790. The lowest BCUT2D eigenvalue weighted by Crippen LogP contribution is -2.28. The van der Waals surface area contributed by atoms with Crippen molar-refractivity contribution >= 4 is 74.3 Å². The summed E-state index contributed by atoms with van der Waals surface area (Å²) in [5, 5.41) is 15.9. The summed E-state index contributed by atoms with van der Waals surface area (Å²) in [6.07, 6.45) is 11.5. The van der Waals surface area contributed by atoms with Crippen LogP contribution in [0.3, 0.4) is 0 Å². The predicted octanol–water partition coefficient (Wildman–Crippen LogP) is 8.91. The molecule has 288 valence electrons. The van der Waals surface area contributed by atoms with Crippen LogP contribution in [0.1, 0.15) is 77.6 Å². The summed E-state index contributed by atoms with van der Waals surface area (Å²) < 4.78 is 4.89. The van der Waals surface area contributed by atoms with Crippen molar-refractivity contribution in [3.8, 4) is 11.4 Å². The fourth-order valence-electron chi connectivity index (χ4n) is 9.58. The fourth-order valence-corrected chi connectivity index (χ4v) is 9.58. The van der Waals surface area contributed by atoms with Gasteiger partial charge in [0.1, 0.15) is 18.5 Å². The minimum atomic E-state index is -0.133. The highest BCUT2D eigenvalue weighted by Crippen LogP contribution is 2.44. The first-order valence-corrected chi connectivity index (χ1v) is 20.7. The molecule has 3 unspecified atom stereocenters. The van der Waals surface area contributed by atoms with Gasteiger partial charge < -0.3 is 9.13 Å². The fraction of sp³-hybridized carbons (Fsp3) is 0.271. The van der Waals surface area contributed by atoms with Crippen molar-refractivity contribution in [3.05, 3.63) is 118 Å².